The highest BCUT2D eigenvalue weighted by Crippen LogP contribution is 2.16. The minimum absolute atomic E-state index is 0.0766. The van der Waals surface area contributed by atoms with Crippen LogP contribution in [0.25, 0.3) is 0 Å². The van der Waals surface area contributed by atoms with Crippen LogP contribution in [0, 0.1) is 13.8 Å². The van der Waals surface area contributed by atoms with E-state index in [1.165, 1.54) is 6.92 Å². The van der Waals surface area contributed by atoms with Crippen molar-refractivity contribution in [2.75, 3.05) is 10.6 Å². The maximum atomic E-state index is 12.0. The molecule has 1 aromatic carbocycles. The lowest BCUT2D eigenvalue weighted by atomic mass is 10.1. The predicted molar refractivity (Wildman–Crippen MR) is 83.7 cm³/mol. The van der Waals surface area contributed by atoms with Crippen LogP contribution >= 0.6 is 0 Å². The van der Waals surface area contributed by atoms with Crippen molar-refractivity contribution in [2.45, 2.75) is 33.6 Å². The standard InChI is InChI=1S/C16H19N3O3/c1-10-15(11(2)22-19-10)8-9-16(21)18-14-6-4-13(5-7-14)17-12(3)20/h4-7H,8-9H2,1-3H3,(H,17,20)(H,18,21). The van der Waals surface area contributed by atoms with Crippen molar-refractivity contribution in [1.29, 1.82) is 0 Å². The quantitative estimate of drug-likeness (QED) is 0.889. The van der Waals surface area contributed by atoms with E-state index in [0.29, 0.717) is 24.2 Å². The van der Waals surface area contributed by atoms with Crippen LogP contribution in [0.2, 0.25) is 0 Å². The number of carbonyl (C=O) groups excluding carboxylic acids is 2. The summed E-state index contributed by atoms with van der Waals surface area (Å²) in [5, 5.41) is 9.36. The van der Waals surface area contributed by atoms with Crippen LogP contribution in [0.4, 0.5) is 11.4 Å². The highest BCUT2D eigenvalue weighted by Gasteiger charge is 2.11. The molecular weight excluding hydrogens is 282 g/mol. The minimum Gasteiger partial charge on any atom is -0.361 e. The van der Waals surface area contributed by atoms with E-state index >= 15 is 0 Å². The molecule has 1 aromatic heterocycles. The first-order valence-electron chi connectivity index (χ1n) is 7.05. The molecule has 0 spiro atoms. The van der Waals surface area contributed by atoms with Gasteiger partial charge in [0.2, 0.25) is 11.8 Å². The van der Waals surface area contributed by atoms with Gasteiger partial charge in [-0.25, -0.2) is 0 Å². The van der Waals surface area contributed by atoms with E-state index in [1.807, 2.05) is 13.8 Å². The van der Waals surface area contributed by atoms with Gasteiger partial charge in [-0.05, 0) is 44.5 Å². The third kappa shape index (κ3) is 4.18. The summed E-state index contributed by atoms with van der Waals surface area (Å²) < 4.78 is 5.07. The van der Waals surface area contributed by atoms with Crippen LogP contribution in [0.1, 0.15) is 30.4 Å². The summed E-state index contributed by atoms with van der Waals surface area (Å²) >= 11 is 0. The molecule has 2 N–H and O–H groups in total. The van der Waals surface area contributed by atoms with E-state index in [9.17, 15) is 9.59 Å². The predicted octanol–water partition coefficient (Wildman–Crippen LogP) is 2.82. The Bertz CT molecular complexity index is 655. The number of anilines is 2. The maximum Gasteiger partial charge on any atom is 0.224 e. The monoisotopic (exact) mass is 301 g/mol. The maximum absolute atomic E-state index is 12.0. The van der Waals surface area contributed by atoms with Crippen LogP contribution < -0.4 is 10.6 Å². The van der Waals surface area contributed by atoms with Crippen LogP contribution in [0.15, 0.2) is 28.8 Å². The molecule has 0 aliphatic carbocycles. The summed E-state index contributed by atoms with van der Waals surface area (Å²) in [5.74, 6) is 0.550. The average molecular weight is 301 g/mol. The number of nitrogens with zero attached hydrogens (tertiary/aromatic N) is 1. The zero-order chi connectivity index (χ0) is 16.1. The number of amides is 2. The molecule has 0 saturated carbocycles. The summed E-state index contributed by atoms with van der Waals surface area (Å²) in [6.07, 6.45) is 0.952. The molecule has 0 saturated heterocycles. The Hall–Kier alpha value is -2.63. The fraction of sp³-hybridized carbons (Fsp3) is 0.312. The lowest BCUT2D eigenvalue weighted by Crippen LogP contribution is -2.13. The molecule has 6 nitrogen and oxygen atoms in total. The highest BCUT2D eigenvalue weighted by atomic mass is 16.5. The SMILES string of the molecule is CC(=O)Nc1ccc(NC(=O)CCc2c(C)noc2C)cc1. The number of aryl methyl sites for hydroxylation is 2. The molecule has 0 bridgehead atoms. The van der Waals surface area contributed by atoms with E-state index in [0.717, 1.165) is 17.0 Å². The van der Waals surface area contributed by atoms with Crippen molar-refractivity contribution in [3.05, 3.63) is 41.3 Å². The third-order valence-corrected chi connectivity index (χ3v) is 3.27. The van der Waals surface area contributed by atoms with Gasteiger partial charge in [-0.2, -0.15) is 0 Å². The summed E-state index contributed by atoms with van der Waals surface area (Å²) in [6, 6.07) is 6.98. The second kappa shape index (κ2) is 6.89. The molecule has 0 atom stereocenters. The van der Waals surface area contributed by atoms with Crippen molar-refractivity contribution in [2.24, 2.45) is 0 Å². The van der Waals surface area contributed by atoms with E-state index in [1.54, 1.807) is 24.3 Å². The van der Waals surface area contributed by atoms with E-state index < -0.39 is 0 Å². The van der Waals surface area contributed by atoms with Crippen molar-refractivity contribution in [3.8, 4) is 0 Å². The molecule has 1 heterocycles. The summed E-state index contributed by atoms with van der Waals surface area (Å²) in [7, 11) is 0. The second-order valence-electron chi connectivity index (χ2n) is 5.11. The Morgan fingerprint density at radius 3 is 2.18 bits per heavy atom. The first kappa shape index (κ1) is 15.8. The number of nitrogens with one attached hydrogen (secondary N) is 2. The normalized spacial score (nSPS) is 10.3. The van der Waals surface area contributed by atoms with Crippen LogP contribution in [0.3, 0.4) is 0 Å². The fourth-order valence-corrected chi connectivity index (χ4v) is 2.16. The average Bonchev–Trinajstić information content (AvgIpc) is 2.77. The molecule has 2 rings (SSSR count). The number of hydrogen-bond donors (Lipinski definition) is 2. The molecule has 6 heteroatoms. The van der Waals surface area contributed by atoms with Crippen molar-refractivity contribution in [3.63, 3.8) is 0 Å². The number of carbonyl (C=O) groups is 2. The molecule has 0 aliphatic heterocycles. The highest BCUT2D eigenvalue weighted by molar-refractivity contribution is 5.92. The lowest BCUT2D eigenvalue weighted by molar-refractivity contribution is -0.116. The third-order valence-electron chi connectivity index (χ3n) is 3.27. The van der Waals surface area contributed by atoms with E-state index in [2.05, 4.69) is 15.8 Å². The number of rotatable bonds is 5. The Kier molecular flexibility index (Phi) is 4.93. The van der Waals surface area contributed by atoms with Gasteiger partial charge < -0.3 is 15.2 Å². The Labute approximate surface area is 128 Å². The Morgan fingerprint density at radius 1 is 1.09 bits per heavy atom. The van der Waals surface area contributed by atoms with E-state index in [4.69, 9.17) is 4.52 Å². The zero-order valence-corrected chi connectivity index (χ0v) is 12.9. The molecule has 0 fully saturated rings. The number of aromatic nitrogens is 1. The molecule has 0 aliphatic rings. The summed E-state index contributed by atoms with van der Waals surface area (Å²) in [5.41, 5.74) is 3.19. The van der Waals surface area contributed by atoms with Crippen LogP contribution in [-0.4, -0.2) is 17.0 Å². The van der Waals surface area contributed by atoms with Gasteiger partial charge >= 0.3 is 0 Å². The lowest BCUT2D eigenvalue weighted by Gasteiger charge is -2.07. The van der Waals surface area contributed by atoms with E-state index in [-0.39, 0.29) is 11.8 Å². The number of hydrogen-bond acceptors (Lipinski definition) is 4. The number of benzene rings is 1. The molecule has 116 valence electrons. The van der Waals surface area contributed by atoms with Gasteiger partial charge in [0, 0.05) is 30.3 Å². The first-order chi connectivity index (χ1) is 10.5. The van der Waals surface area contributed by atoms with Gasteiger partial charge in [-0.3, -0.25) is 9.59 Å². The smallest absolute Gasteiger partial charge is 0.224 e. The van der Waals surface area contributed by atoms with Gasteiger partial charge in [-0.1, -0.05) is 5.16 Å². The van der Waals surface area contributed by atoms with Crippen molar-refractivity contribution < 1.29 is 14.1 Å². The first-order valence-corrected chi connectivity index (χ1v) is 7.05. The van der Waals surface area contributed by atoms with Crippen molar-refractivity contribution in [1.82, 2.24) is 5.16 Å². The molecule has 0 radical (unpaired) electrons. The molecular formula is C16H19N3O3. The largest absolute Gasteiger partial charge is 0.361 e. The molecule has 22 heavy (non-hydrogen) atoms. The minimum atomic E-state index is -0.128. The van der Waals surface area contributed by atoms with Gasteiger partial charge in [0.05, 0.1) is 5.69 Å². The Balaban J connectivity index is 1.88. The topological polar surface area (TPSA) is 84.2 Å². The van der Waals surface area contributed by atoms with Gasteiger partial charge in [-0.15, -0.1) is 0 Å². The van der Waals surface area contributed by atoms with Gasteiger partial charge in [0.25, 0.3) is 0 Å². The summed E-state index contributed by atoms with van der Waals surface area (Å²) in [6.45, 7) is 5.16. The molecule has 2 aromatic rings. The fourth-order valence-electron chi connectivity index (χ4n) is 2.16. The Morgan fingerprint density at radius 2 is 1.68 bits per heavy atom. The zero-order valence-electron chi connectivity index (χ0n) is 12.9. The molecule has 2 amide bonds. The van der Waals surface area contributed by atoms with Gasteiger partial charge in [0.1, 0.15) is 5.76 Å². The van der Waals surface area contributed by atoms with Crippen LogP contribution in [-0.2, 0) is 16.0 Å². The molecule has 0 unspecified atom stereocenters. The second-order valence-corrected chi connectivity index (χ2v) is 5.11. The van der Waals surface area contributed by atoms with Gasteiger partial charge in [0.15, 0.2) is 0 Å². The summed E-state index contributed by atoms with van der Waals surface area (Å²) in [4.78, 5) is 22.9. The van der Waals surface area contributed by atoms with Crippen LogP contribution in [0.5, 0.6) is 0 Å². The van der Waals surface area contributed by atoms with Crippen molar-refractivity contribution >= 4 is 23.2 Å².